The minimum atomic E-state index is -0.309. The van der Waals surface area contributed by atoms with Gasteiger partial charge in [-0.25, -0.2) is 4.98 Å². The summed E-state index contributed by atoms with van der Waals surface area (Å²) < 4.78 is 2.01. The van der Waals surface area contributed by atoms with Crippen molar-refractivity contribution >= 4 is 33.2 Å². The number of carbonyl (C=O) groups is 1. The van der Waals surface area contributed by atoms with Crippen LogP contribution in [0.4, 0.5) is 11.4 Å². The van der Waals surface area contributed by atoms with Crippen LogP contribution in [0.3, 0.4) is 0 Å². The topological polar surface area (TPSA) is 90.0 Å². The van der Waals surface area contributed by atoms with Crippen molar-refractivity contribution < 1.29 is 4.79 Å². The van der Waals surface area contributed by atoms with Gasteiger partial charge in [-0.15, -0.1) is 0 Å². The van der Waals surface area contributed by atoms with Gasteiger partial charge >= 0.3 is 0 Å². The van der Waals surface area contributed by atoms with Crippen LogP contribution in [0.2, 0.25) is 0 Å². The Labute approximate surface area is 130 Å². The standard InChI is InChI=1S/C14H15BrN4O2/c1-8-5-14(21)19(9(2)17-8)7-13(20)18-12-4-3-10(16)6-11(12)15/h3-6H,7,16H2,1-2H3,(H,18,20). The number of hydrogen-bond acceptors (Lipinski definition) is 4. The van der Waals surface area contributed by atoms with Gasteiger partial charge in [-0.3, -0.25) is 14.2 Å². The molecule has 110 valence electrons. The number of halogens is 1. The summed E-state index contributed by atoms with van der Waals surface area (Å²) in [6, 6.07) is 6.48. The summed E-state index contributed by atoms with van der Waals surface area (Å²) in [4.78, 5) is 28.1. The number of nitrogens with one attached hydrogen (secondary N) is 1. The molecule has 1 aromatic heterocycles. The van der Waals surface area contributed by atoms with Crippen molar-refractivity contribution in [2.45, 2.75) is 20.4 Å². The summed E-state index contributed by atoms with van der Waals surface area (Å²) in [5.41, 5.74) is 7.22. The molecule has 1 amide bonds. The van der Waals surface area contributed by atoms with Crippen LogP contribution >= 0.6 is 15.9 Å². The van der Waals surface area contributed by atoms with Crippen LogP contribution in [0, 0.1) is 13.8 Å². The molecule has 1 aromatic carbocycles. The molecule has 21 heavy (non-hydrogen) atoms. The monoisotopic (exact) mass is 350 g/mol. The van der Waals surface area contributed by atoms with Crippen molar-refractivity contribution in [2.24, 2.45) is 0 Å². The molecule has 2 rings (SSSR count). The van der Waals surface area contributed by atoms with E-state index in [9.17, 15) is 9.59 Å². The SMILES string of the molecule is Cc1cc(=O)n(CC(=O)Nc2ccc(N)cc2Br)c(C)n1. The van der Waals surface area contributed by atoms with Gasteiger partial charge in [0.25, 0.3) is 5.56 Å². The van der Waals surface area contributed by atoms with Crippen molar-refractivity contribution in [2.75, 3.05) is 11.1 Å². The van der Waals surface area contributed by atoms with E-state index in [-0.39, 0.29) is 18.0 Å². The number of rotatable bonds is 3. The van der Waals surface area contributed by atoms with E-state index in [2.05, 4.69) is 26.2 Å². The van der Waals surface area contributed by atoms with Crippen LogP contribution in [-0.4, -0.2) is 15.5 Å². The zero-order chi connectivity index (χ0) is 15.6. The average molecular weight is 351 g/mol. The van der Waals surface area contributed by atoms with Gasteiger partial charge in [-0.1, -0.05) is 0 Å². The molecule has 0 spiro atoms. The predicted octanol–water partition coefficient (Wildman–Crippen LogP) is 1.84. The number of benzene rings is 1. The van der Waals surface area contributed by atoms with Gasteiger partial charge in [-0.05, 0) is 48.0 Å². The number of amides is 1. The number of hydrogen-bond donors (Lipinski definition) is 2. The first-order valence-corrected chi connectivity index (χ1v) is 7.06. The average Bonchev–Trinajstić information content (AvgIpc) is 2.37. The molecule has 0 unspecified atom stereocenters. The third kappa shape index (κ3) is 3.69. The number of aryl methyl sites for hydroxylation is 2. The van der Waals surface area contributed by atoms with Gasteiger partial charge in [0.15, 0.2) is 0 Å². The lowest BCUT2D eigenvalue weighted by Crippen LogP contribution is -2.30. The number of nitrogens with two attached hydrogens (primary N) is 1. The van der Waals surface area contributed by atoms with Crippen LogP contribution in [0.5, 0.6) is 0 Å². The van der Waals surface area contributed by atoms with Crippen LogP contribution in [0.1, 0.15) is 11.5 Å². The Kier molecular flexibility index (Phi) is 4.42. The summed E-state index contributed by atoms with van der Waals surface area (Å²) in [5.74, 6) is 0.197. The fourth-order valence-electron chi connectivity index (χ4n) is 1.92. The van der Waals surface area contributed by atoms with E-state index in [1.807, 2.05) is 0 Å². The Hall–Kier alpha value is -2.15. The van der Waals surface area contributed by atoms with Crippen molar-refractivity contribution in [3.63, 3.8) is 0 Å². The molecule has 0 radical (unpaired) electrons. The first-order chi connectivity index (χ1) is 9.86. The third-order valence-electron chi connectivity index (χ3n) is 2.90. The van der Waals surface area contributed by atoms with Gasteiger partial charge in [0.05, 0.1) is 5.69 Å². The molecule has 0 saturated carbocycles. The smallest absolute Gasteiger partial charge is 0.254 e. The van der Waals surface area contributed by atoms with Gasteiger partial charge in [0, 0.05) is 21.9 Å². The van der Waals surface area contributed by atoms with Crippen molar-refractivity contribution in [1.82, 2.24) is 9.55 Å². The number of nitrogens with zero attached hydrogens (tertiary/aromatic N) is 2. The Morgan fingerprint density at radius 1 is 1.38 bits per heavy atom. The molecular formula is C14H15BrN4O2. The Morgan fingerprint density at radius 2 is 2.10 bits per heavy atom. The zero-order valence-corrected chi connectivity index (χ0v) is 13.3. The Morgan fingerprint density at radius 3 is 2.71 bits per heavy atom. The summed E-state index contributed by atoms with van der Waals surface area (Å²) in [6.07, 6.45) is 0. The second kappa shape index (κ2) is 6.09. The normalized spacial score (nSPS) is 10.4. The lowest BCUT2D eigenvalue weighted by Gasteiger charge is -2.11. The molecule has 0 fully saturated rings. The van der Waals surface area contributed by atoms with Crippen LogP contribution in [0.25, 0.3) is 0 Å². The fourth-order valence-corrected chi connectivity index (χ4v) is 2.42. The van der Waals surface area contributed by atoms with E-state index < -0.39 is 0 Å². The lowest BCUT2D eigenvalue weighted by molar-refractivity contribution is -0.116. The summed E-state index contributed by atoms with van der Waals surface area (Å²) in [5, 5.41) is 2.73. The van der Waals surface area contributed by atoms with E-state index in [0.717, 1.165) is 0 Å². The zero-order valence-electron chi connectivity index (χ0n) is 11.7. The number of nitrogen functional groups attached to an aromatic ring is 1. The molecule has 1 heterocycles. The molecule has 0 aliphatic rings. The largest absolute Gasteiger partial charge is 0.399 e. The Bertz CT molecular complexity index is 755. The van der Waals surface area contributed by atoms with Gasteiger partial charge < -0.3 is 11.1 Å². The van der Waals surface area contributed by atoms with Gasteiger partial charge in [0.2, 0.25) is 5.91 Å². The minimum absolute atomic E-state index is 0.0885. The second-order valence-corrected chi connectivity index (χ2v) is 5.51. The van der Waals surface area contributed by atoms with Gasteiger partial charge in [0.1, 0.15) is 12.4 Å². The number of aromatic nitrogens is 2. The first kappa shape index (κ1) is 15.2. The minimum Gasteiger partial charge on any atom is -0.399 e. The predicted molar refractivity (Wildman–Crippen MR) is 85.2 cm³/mol. The van der Waals surface area contributed by atoms with Gasteiger partial charge in [-0.2, -0.15) is 0 Å². The van der Waals surface area contributed by atoms with Crippen molar-refractivity contribution in [3.05, 3.63) is 50.6 Å². The van der Waals surface area contributed by atoms with Crippen LogP contribution < -0.4 is 16.6 Å². The summed E-state index contributed by atoms with van der Waals surface area (Å²) in [7, 11) is 0. The first-order valence-electron chi connectivity index (χ1n) is 6.27. The fraction of sp³-hybridized carbons (Fsp3) is 0.214. The molecule has 0 aliphatic carbocycles. The highest BCUT2D eigenvalue weighted by Gasteiger charge is 2.10. The number of anilines is 2. The lowest BCUT2D eigenvalue weighted by atomic mass is 10.3. The van der Waals surface area contributed by atoms with E-state index in [1.165, 1.54) is 10.6 Å². The van der Waals surface area contributed by atoms with E-state index in [0.29, 0.717) is 27.4 Å². The molecule has 7 heteroatoms. The van der Waals surface area contributed by atoms with E-state index >= 15 is 0 Å². The highest BCUT2D eigenvalue weighted by Crippen LogP contribution is 2.24. The molecule has 0 atom stereocenters. The number of carbonyl (C=O) groups excluding carboxylic acids is 1. The maximum absolute atomic E-state index is 12.1. The molecule has 6 nitrogen and oxygen atoms in total. The quantitative estimate of drug-likeness (QED) is 0.826. The van der Waals surface area contributed by atoms with Crippen LogP contribution in [-0.2, 0) is 11.3 Å². The second-order valence-electron chi connectivity index (χ2n) is 4.66. The molecule has 2 aromatic rings. The maximum atomic E-state index is 12.1. The van der Waals surface area contributed by atoms with E-state index in [1.54, 1.807) is 32.0 Å². The highest BCUT2D eigenvalue weighted by atomic mass is 79.9. The van der Waals surface area contributed by atoms with Crippen LogP contribution in [0.15, 0.2) is 33.5 Å². The third-order valence-corrected chi connectivity index (χ3v) is 3.55. The molecular weight excluding hydrogens is 336 g/mol. The molecule has 0 aliphatic heterocycles. The molecule has 0 bridgehead atoms. The maximum Gasteiger partial charge on any atom is 0.254 e. The molecule has 3 N–H and O–H groups in total. The summed E-state index contributed by atoms with van der Waals surface area (Å²) >= 11 is 3.32. The van der Waals surface area contributed by atoms with Crippen molar-refractivity contribution in [3.8, 4) is 0 Å². The molecule has 0 saturated heterocycles. The summed E-state index contributed by atoms with van der Waals surface area (Å²) in [6.45, 7) is 3.35. The Balaban J connectivity index is 2.18. The van der Waals surface area contributed by atoms with E-state index in [4.69, 9.17) is 5.73 Å². The highest BCUT2D eigenvalue weighted by molar-refractivity contribution is 9.10. The van der Waals surface area contributed by atoms with Crippen molar-refractivity contribution in [1.29, 1.82) is 0 Å².